The molecule has 1 atom stereocenters. The van der Waals surface area contributed by atoms with Crippen molar-refractivity contribution < 1.29 is 36.6 Å². The number of piperidine rings is 1. The first kappa shape index (κ1) is 27.0. The summed E-state index contributed by atoms with van der Waals surface area (Å²) in [7, 11) is 1.52. The molecule has 3 heterocycles. The number of alkyl halides is 3. The Morgan fingerprint density at radius 2 is 1.85 bits per heavy atom. The van der Waals surface area contributed by atoms with Gasteiger partial charge in [0, 0.05) is 31.6 Å². The lowest BCUT2D eigenvalue weighted by Crippen LogP contribution is -2.44. The van der Waals surface area contributed by atoms with E-state index in [0.717, 1.165) is 22.8 Å². The van der Waals surface area contributed by atoms with Crippen LogP contribution in [0.25, 0.3) is 5.69 Å². The molecule has 2 aliphatic rings. The lowest BCUT2D eigenvalue weighted by molar-refractivity contribution is -0.220. The molecule has 208 valence electrons. The summed E-state index contributed by atoms with van der Waals surface area (Å²) >= 11 is 0. The van der Waals surface area contributed by atoms with Gasteiger partial charge in [-0.25, -0.2) is 14.2 Å². The van der Waals surface area contributed by atoms with Crippen LogP contribution in [0.2, 0.25) is 0 Å². The third-order valence-corrected chi connectivity index (χ3v) is 7.19. The van der Waals surface area contributed by atoms with Crippen molar-refractivity contribution in [1.82, 2.24) is 14.5 Å². The van der Waals surface area contributed by atoms with Crippen molar-refractivity contribution in [2.24, 2.45) is 0 Å². The van der Waals surface area contributed by atoms with Gasteiger partial charge >= 0.3 is 12.3 Å². The smallest absolute Gasteiger partial charge is 0.427 e. The van der Waals surface area contributed by atoms with Crippen LogP contribution in [0.15, 0.2) is 48.7 Å². The van der Waals surface area contributed by atoms with Crippen molar-refractivity contribution in [2.75, 3.05) is 26.8 Å². The zero-order valence-corrected chi connectivity index (χ0v) is 21.4. The second-order valence-corrected chi connectivity index (χ2v) is 9.76. The Balaban J connectivity index is 1.15. The Labute approximate surface area is 223 Å². The Kier molecular flexibility index (Phi) is 7.79. The number of hydrogen-bond acceptors (Lipinski definition) is 5. The third-order valence-electron chi connectivity index (χ3n) is 7.19. The minimum atomic E-state index is -4.76. The lowest BCUT2D eigenvalue weighted by atomic mass is 9.94. The van der Waals surface area contributed by atoms with Crippen molar-refractivity contribution in [3.8, 4) is 11.4 Å². The van der Waals surface area contributed by atoms with Gasteiger partial charge in [-0.2, -0.15) is 13.2 Å². The number of carbonyl (C=O) groups excluding carboxylic acids is 1. The highest BCUT2D eigenvalue weighted by atomic mass is 19.4. The minimum Gasteiger partial charge on any atom is -0.497 e. The highest BCUT2D eigenvalue weighted by Gasteiger charge is 2.44. The van der Waals surface area contributed by atoms with Gasteiger partial charge in [0.15, 0.2) is 0 Å². The van der Waals surface area contributed by atoms with E-state index in [-0.39, 0.29) is 31.4 Å². The Morgan fingerprint density at radius 1 is 1.10 bits per heavy atom. The van der Waals surface area contributed by atoms with Gasteiger partial charge in [0.2, 0.25) is 6.10 Å². The number of carbonyl (C=O) groups is 1. The number of nitrogens with zero attached hydrogens (tertiary/aromatic N) is 3. The molecule has 3 aromatic rings. The fourth-order valence-electron chi connectivity index (χ4n) is 5.01. The standard InChI is InChI=1S/C28H29F4N3O4/c1-37-22-6-2-18(3-7-22)16-38-17-25(28(30,31)32)39-27(36)34-12-10-19(11-13-34)23-15-35-24-8-5-21(29)14-20(24)4-9-26(35)33-23/h2-3,5-8,14-15,19,25H,4,9-13,16-17H2,1H3. The fraction of sp³-hybridized carbons (Fsp3) is 0.429. The Bertz CT molecular complexity index is 1300. The molecule has 0 saturated carbocycles. The molecule has 0 spiro atoms. The molecule has 1 unspecified atom stereocenters. The topological polar surface area (TPSA) is 65.8 Å². The van der Waals surface area contributed by atoms with Crippen molar-refractivity contribution in [2.45, 2.75) is 50.5 Å². The molecule has 39 heavy (non-hydrogen) atoms. The number of aromatic nitrogens is 2. The molecule has 0 radical (unpaired) electrons. The molecular formula is C28H29F4N3O4. The first-order chi connectivity index (χ1) is 18.7. The number of hydrogen-bond donors (Lipinski definition) is 0. The van der Waals surface area contributed by atoms with Crippen molar-refractivity contribution in [3.05, 3.63) is 77.1 Å². The molecule has 11 heteroatoms. The van der Waals surface area contributed by atoms with E-state index in [1.165, 1.54) is 18.1 Å². The van der Waals surface area contributed by atoms with Crippen LogP contribution in [0.1, 0.15) is 41.4 Å². The molecule has 2 aromatic carbocycles. The predicted octanol–water partition coefficient (Wildman–Crippen LogP) is 5.58. The zero-order chi connectivity index (χ0) is 27.6. The highest BCUT2D eigenvalue weighted by molar-refractivity contribution is 5.68. The van der Waals surface area contributed by atoms with E-state index in [0.29, 0.717) is 37.0 Å². The molecule has 0 N–H and O–H groups in total. The second kappa shape index (κ2) is 11.3. The largest absolute Gasteiger partial charge is 0.497 e. The van der Waals surface area contributed by atoms with Crippen molar-refractivity contribution in [1.29, 1.82) is 0 Å². The SMILES string of the molecule is COc1ccc(COCC(OC(=O)N2CCC(c3cn4c(n3)CCc3cc(F)ccc3-4)CC2)C(F)(F)F)cc1. The molecule has 0 bridgehead atoms. The normalized spacial score (nSPS) is 16.4. The summed E-state index contributed by atoms with van der Waals surface area (Å²) in [5, 5.41) is 0. The molecule has 2 aliphatic heterocycles. The van der Waals surface area contributed by atoms with Gasteiger partial charge in [-0.3, -0.25) is 0 Å². The number of aryl methyl sites for hydroxylation is 2. The van der Waals surface area contributed by atoms with E-state index in [1.54, 1.807) is 36.4 Å². The minimum absolute atomic E-state index is 0.0577. The van der Waals surface area contributed by atoms with Gasteiger partial charge in [0.25, 0.3) is 0 Å². The Morgan fingerprint density at radius 3 is 2.54 bits per heavy atom. The third kappa shape index (κ3) is 6.19. The van der Waals surface area contributed by atoms with E-state index >= 15 is 0 Å². The zero-order valence-electron chi connectivity index (χ0n) is 21.4. The summed E-state index contributed by atoms with van der Waals surface area (Å²) in [6, 6.07) is 11.5. The predicted molar refractivity (Wildman–Crippen MR) is 133 cm³/mol. The molecule has 1 fully saturated rings. The van der Waals surface area contributed by atoms with E-state index in [9.17, 15) is 22.4 Å². The first-order valence-electron chi connectivity index (χ1n) is 12.8. The van der Waals surface area contributed by atoms with Gasteiger partial charge in [-0.15, -0.1) is 0 Å². The number of likely N-dealkylation sites (tertiary alicyclic amines) is 1. The molecule has 0 aliphatic carbocycles. The van der Waals surface area contributed by atoms with Crippen LogP contribution in [0.3, 0.4) is 0 Å². The van der Waals surface area contributed by atoms with Gasteiger partial charge in [0.1, 0.15) is 17.4 Å². The summed E-state index contributed by atoms with van der Waals surface area (Å²) in [6.45, 7) is -0.355. The molecule has 7 nitrogen and oxygen atoms in total. The van der Waals surface area contributed by atoms with Gasteiger partial charge in [0.05, 0.1) is 31.7 Å². The summed E-state index contributed by atoms with van der Waals surface area (Å²) < 4.78 is 71.5. The van der Waals surface area contributed by atoms with E-state index in [1.807, 2.05) is 10.8 Å². The van der Waals surface area contributed by atoms with Gasteiger partial charge < -0.3 is 23.7 Å². The van der Waals surface area contributed by atoms with Crippen LogP contribution in [-0.2, 0) is 28.9 Å². The average Bonchev–Trinajstić information content (AvgIpc) is 3.37. The second-order valence-electron chi connectivity index (χ2n) is 9.76. The van der Waals surface area contributed by atoms with Gasteiger partial charge in [-0.05, 0) is 60.7 Å². The number of amides is 1. The number of rotatable bonds is 7. The van der Waals surface area contributed by atoms with Crippen molar-refractivity contribution in [3.63, 3.8) is 0 Å². The van der Waals surface area contributed by atoms with E-state index in [4.69, 9.17) is 19.2 Å². The maximum atomic E-state index is 13.6. The maximum Gasteiger partial charge on any atom is 0.427 e. The quantitative estimate of drug-likeness (QED) is 0.362. The number of benzene rings is 2. The number of halogens is 4. The molecular weight excluding hydrogens is 518 g/mol. The van der Waals surface area contributed by atoms with E-state index in [2.05, 4.69) is 0 Å². The summed E-state index contributed by atoms with van der Waals surface area (Å²) in [6.07, 6.45) is -3.70. The fourth-order valence-corrected chi connectivity index (χ4v) is 5.01. The average molecular weight is 548 g/mol. The molecule has 1 amide bonds. The summed E-state index contributed by atoms with van der Waals surface area (Å²) in [5.74, 6) is 1.31. The highest BCUT2D eigenvalue weighted by Crippen LogP contribution is 2.32. The van der Waals surface area contributed by atoms with E-state index < -0.39 is 25.0 Å². The molecule has 1 saturated heterocycles. The van der Waals surface area contributed by atoms with Crippen LogP contribution in [0, 0.1) is 5.82 Å². The summed E-state index contributed by atoms with van der Waals surface area (Å²) in [4.78, 5) is 18.7. The van der Waals surface area contributed by atoms with Crippen LogP contribution in [-0.4, -0.2) is 59.6 Å². The number of ether oxygens (including phenoxy) is 3. The maximum absolute atomic E-state index is 13.6. The van der Waals surface area contributed by atoms with Crippen LogP contribution in [0.4, 0.5) is 22.4 Å². The number of imidazole rings is 1. The molecule has 5 rings (SSSR count). The van der Waals surface area contributed by atoms with Gasteiger partial charge in [-0.1, -0.05) is 12.1 Å². The first-order valence-corrected chi connectivity index (χ1v) is 12.8. The summed E-state index contributed by atoms with van der Waals surface area (Å²) in [5.41, 5.74) is 3.37. The lowest BCUT2D eigenvalue weighted by Gasteiger charge is -2.32. The number of methoxy groups -OCH3 is 1. The number of fused-ring (bicyclic) bond motifs is 3. The molecule has 1 aromatic heterocycles. The monoisotopic (exact) mass is 547 g/mol. The van der Waals surface area contributed by atoms with Crippen molar-refractivity contribution >= 4 is 6.09 Å². The van der Waals surface area contributed by atoms with Crippen LogP contribution < -0.4 is 4.74 Å². The Hall–Kier alpha value is -3.60. The van der Waals surface area contributed by atoms with Crippen LogP contribution in [0.5, 0.6) is 5.75 Å². The van der Waals surface area contributed by atoms with Crippen LogP contribution >= 0.6 is 0 Å².